The summed E-state index contributed by atoms with van der Waals surface area (Å²) < 4.78 is 13.8. The van der Waals surface area contributed by atoms with Crippen molar-refractivity contribution in [2.45, 2.75) is 6.54 Å². The van der Waals surface area contributed by atoms with Crippen LogP contribution in [0.15, 0.2) is 36.4 Å². The molecule has 0 aliphatic carbocycles. The minimum absolute atomic E-state index is 0.0636. The summed E-state index contributed by atoms with van der Waals surface area (Å²) in [5, 5.41) is 11.0. The van der Waals surface area contributed by atoms with Crippen LogP contribution in [-0.4, -0.2) is 22.8 Å². The molecule has 2 rings (SSSR count). The highest BCUT2D eigenvalue weighted by atomic mass is 35.5. The third-order valence-corrected chi connectivity index (χ3v) is 3.87. The van der Waals surface area contributed by atoms with Gasteiger partial charge in [0.15, 0.2) is 0 Å². The number of nitrogens with zero attached hydrogens (tertiary/aromatic N) is 2. The van der Waals surface area contributed by atoms with Crippen LogP contribution in [0.2, 0.25) is 10.0 Å². The van der Waals surface area contributed by atoms with Gasteiger partial charge in [-0.05, 0) is 24.3 Å². The van der Waals surface area contributed by atoms with E-state index in [2.05, 4.69) is 0 Å². The Morgan fingerprint density at radius 2 is 1.96 bits per heavy atom. The lowest BCUT2D eigenvalue weighted by atomic mass is 10.1. The van der Waals surface area contributed by atoms with Crippen LogP contribution >= 0.6 is 23.2 Å². The number of carbonyl (C=O) groups is 1. The van der Waals surface area contributed by atoms with Crippen molar-refractivity contribution in [3.63, 3.8) is 0 Å². The van der Waals surface area contributed by atoms with Crippen molar-refractivity contribution in [1.29, 1.82) is 0 Å². The van der Waals surface area contributed by atoms with E-state index in [-0.39, 0.29) is 33.4 Å². The average Bonchev–Trinajstić information content (AvgIpc) is 2.50. The Balaban J connectivity index is 2.27. The van der Waals surface area contributed by atoms with Gasteiger partial charge < -0.3 is 4.90 Å². The predicted octanol–water partition coefficient (Wildman–Crippen LogP) is 4.31. The van der Waals surface area contributed by atoms with Crippen LogP contribution in [0.1, 0.15) is 15.9 Å². The number of carbonyl (C=O) groups excluding carboxylic acids is 1. The molecule has 1 amide bonds. The number of amides is 1. The number of hydrogen-bond acceptors (Lipinski definition) is 3. The molecule has 8 heteroatoms. The van der Waals surface area contributed by atoms with Crippen LogP contribution in [-0.2, 0) is 6.54 Å². The molecule has 0 radical (unpaired) electrons. The molecule has 0 unspecified atom stereocenters. The molecular weight excluding hydrogens is 346 g/mol. The zero-order chi connectivity index (χ0) is 17.1. The first-order chi connectivity index (χ1) is 10.8. The summed E-state index contributed by atoms with van der Waals surface area (Å²) in [6, 6.07) is 7.96. The van der Waals surface area contributed by atoms with E-state index >= 15 is 0 Å². The van der Waals surface area contributed by atoms with Gasteiger partial charge >= 0.3 is 0 Å². The van der Waals surface area contributed by atoms with Crippen molar-refractivity contribution in [3.05, 3.63) is 73.5 Å². The van der Waals surface area contributed by atoms with E-state index in [4.69, 9.17) is 23.2 Å². The molecule has 2 aromatic carbocycles. The highest BCUT2D eigenvalue weighted by Crippen LogP contribution is 2.26. The fourth-order valence-electron chi connectivity index (χ4n) is 2.00. The highest BCUT2D eigenvalue weighted by molar-refractivity contribution is 6.32. The van der Waals surface area contributed by atoms with E-state index in [0.29, 0.717) is 0 Å². The van der Waals surface area contributed by atoms with Crippen molar-refractivity contribution in [2.24, 2.45) is 0 Å². The van der Waals surface area contributed by atoms with Crippen LogP contribution in [0.5, 0.6) is 0 Å². The number of halogens is 3. The second-order valence-electron chi connectivity index (χ2n) is 4.78. The Bertz CT molecular complexity index is 763. The lowest BCUT2D eigenvalue weighted by Gasteiger charge is -2.18. The Labute approximate surface area is 141 Å². The quantitative estimate of drug-likeness (QED) is 0.605. The molecule has 0 aliphatic heterocycles. The summed E-state index contributed by atoms with van der Waals surface area (Å²) in [4.78, 5) is 23.8. The lowest BCUT2D eigenvalue weighted by Crippen LogP contribution is -2.26. The Hall–Kier alpha value is -2.18. The number of benzene rings is 2. The van der Waals surface area contributed by atoms with Crippen molar-refractivity contribution in [2.75, 3.05) is 7.05 Å². The minimum atomic E-state index is -0.674. The first-order valence-corrected chi connectivity index (χ1v) is 7.19. The molecule has 0 aliphatic rings. The lowest BCUT2D eigenvalue weighted by molar-refractivity contribution is -0.384. The van der Waals surface area contributed by atoms with Crippen LogP contribution < -0.4 is 0 Å². The van der Waals surface area contributed by atoms with E-state index < -0.39 is 16.6 Å². The van der Waals surface area contributed by atoms with Gasteiger partial charge in [-0.25, -0.2) is 4.39 Å². The first-order valence-electron chi connectivity index (χ1n) is 6.43. The monoisotopic (exact) mass is 356 g/mol. The van der Waals surface area contributed by atoms with Crippen molar-refractivity contribution >= 4 is 34.8 Å². The standard InChI is InChI=1S/C15H11Cl2FN2O3/c1-19(8-10-11(16)3-2-4-13(10)18)15(21)9-5-6-12(17)14(7-9)20(22)23/h2-7H,8H2,1H3. The zero-order valence-electron chi connectivity index (χ0n) is 11.9. The maximum atomic E-state index is 13.8. The van der Waals surface area contributed by atoms with Gasteiger partial charge in [-0.1, -0.05) is 29.3 Å². The first kappa shape index (κ1) is 17.2. The van der Waals surface area contributed by atoms with Gasteiger partial charge in [-0.2, -0.15) is 0 Å². The summed E-state index contributed by atoms with van der Waals surface area (Å²) in [7, 11) is 1.45. The number of hydrogen-bond donors (Lipinski definition) is 0. The molecule has 0 bridgehead atoms. The second kappa shape index (κ2) is 6.93. The van der Waals surface area contributed by atoms with E-state index in [1.165, 1.54) is 42.3 Å². The maximum absolute atomic E-state index is 13.8. The summed E-state index contributed by atoms with van der Waals surface area (Å²) in [6.45, 7) is -0.0687. The molecule has 0 atom stereocenters. The van der Waals surface area contributed by atoms with Gasteiger partial charge in [0.25, 0.3) is 11.6 Å². The molecule has 23 heavy (non-hydrogen) atoms. The molecule has 5 nitrogen and oxygen atoms in total. The Morgan fingerprint density at radius 3 is 2.57 bits per heavy atom. The van der Waals surface area contributed by atoms with E-state index in [0.717, 1.165) is 6.07 Å². The van der Waals surface area contributed by atoms with Gasteiger partial charge in [0.05, 0.1) is 4.92 Å². The maximum Gasteiger partial charge on any atom is 0.288 e. The van der Waals surface area contributed by atoms with Crippen molar-refractivity contribution in [3.8, 4) is 0 Å². The second-order valence-corrected chi connectivity index (χ2v) is 5.60. The van der Waals surface area contributed by atoms with Crippen LogP contribution in [0, 0.1) is 15.9 Å². The smallest absolute Gasteiger partial charge is 0.288 e. The Morgan fingerprint density at radius 1 is 1.26 bits per heavy atom. The van der Waals surface area contributed by atoms with Gasteiger partial charge in [-0.3, -0.25) is 14.9 Å². The highest BCUT2D eigenvalue weighted by Gasteiger charge is 2.20. The number of nitro groups is 1. The summed E-state index contributed by atoms with van der Waals surface area (Å²) in [6.07, 6.45) is 0. The van der Waals surface area contributed by atoms with Crippen molar-refractivity contribution < 1.29 is 14.1 Å². The minimum Gasteiger partial charge on any atom is -0.337 e. The molecule has 2 aromatic rings. The zero-order valence-corrected chi connectivity index (χ0v) is 13.4. The number of nitro benzene ring substituents is 1. The fourth-order valence-corrected chi connectivity index (χ4v) is 2.41. The Kier molecular flexibility index (Phi) is 5.18. The third kappa shape index (κ3) is 3.78. The predicted molar refractivity (Wildman–Crippen MR) is 85.3 cm³/mol. The largest absolute Gasteiger partial charge is 0.337 e. The van der Waals surface area contributed by atoms with Crippen LogP contribution in [0.3, 0.4) is 0 Å². The molecule has 0 N–H and O–H groups in total. The summed E-state index contributed by atoms with van der Waals surface area (Å²) in [5.41, 5.74) is -0.112. The van der Waals surface area contributed by atoms with Gasteiger partial charge in [0, 0.05) is 35.8 Å². The van der Waals surface area contributed by atoms with E-state index in [9.17, 15) is 19.3 Å². The van der Waals surface area contributed by atoms with Crippen LogP contribution in [0.4, 0.5) is 10.1 Å². The molecule has 0 spiro atoms. The molecule has 0 saturated heterocycles. The van der Waals surface area contributed by atoms with Gasteiger partial charge in [0.2, 0.25) is 0 Å². The third-order valence-electron chi connectivity index (χ3n) is 3.19. The molecule has 0 fully saturated rings. The molecule has 0 saturated carbocycles. The fraction of sp³-hybridized carbons (Fsp3) is 0.133. The average molecular weight is 357 g/mol. The van der Waals surface area contributed by atoms with Gasteiger partial charge in [0.1, 0.15) is 10.8 Å². The molecule has 0 aromatic heterocycles. The van der Waals surface area contributed by atoms with E-state index in [1.54, 1.807) is 0 Å². The van der Waals surface area contributed by atoms with Gasteiger partial charge in [-0.15, -0.1) is 0 Å². The topological polar surface area (TPSA) is 63.5 Å². The normalized spacial score (nSPS) is 10.4. The molecular formula is C15H11Cl2FN2O3. The van der Waals surface area contributed by atoms with Crippen LogP contribution in [0.25, 0.3) is 0 Å². The van der Waals surface area contributed by atoms with E-state index in [1.807, 2.05) is 0 Å². The summed E-state index contributed by atoms with van der Waals surface area (Å²) in [5.74, 6) is -1.04. The number of rotatable bonds is 4. The SMILES string of the molecule is CN(Cc1c(F)cccc1Cl)C(=O)c1ccc(Cl)c([N+](=O)[O-])c1. The molecule has 0 heterocycles. The van der Waals surface area contributed by atoms with Crippen molar-refractivity contribution in [1.82, 2.24) is 4.90 Å². The molecule has 120 valence electrons. The summed E-state index contributed by atoms with van der Waals surface area (Å²) >= 11 is 11.6.